The molecular formula is C19H18N4O3. The first-order valence-corrected chi connectivity index (χ1v) is 8.22. The Bertz CT molecular complexity index is 1030. The standard InChI is InChI=1S/C19H18N4O3/c1-2-13-7-3-4-8-15(13)22-17(24)12-21-18(25)14-11-20-16-9-5-6-10-23(16)19(14)26/h3-11H,2,12H2,1H3,(H,21,25)(H,22,24). The summed E-state index contributed by atoms with van der Waals surface area (Å²) in [5.41, 5.74) is 1.56. The predicted molar refractivity (Wildman–Crippen MR) is 98.2 cm³/mol. The summed E-state index contributed by atoms with van der Waals surface area (Å²) in [5.74, 6) is -1.01. The number of nitrogens with zero attached hydrogens (tertiary/aromatic N) is 2. The van der Waals surface area contributed by atoms with Crippen molar-refractivity contribution in [1.82, 2.24) is 14.7 Å². The summed E-state index contributed by atoms with van der Waals surface area (Å²) in [7, 11) is 0. The minimum absolute atomic E-state index is 0.115. The zero-order valence-electron chi connectivity index (χ0n) is 14.2. The lowest BCUT2D eigenvalue weighted by molar-refractivity contribution is -0.115. The normalized spacial score (nSPS) is 10.5. The van der Waals surface area contributed by atoms with Crippen LogP contribution in [0.5, 0.6) is 0 Å². The molecule has 26 heavy (non-hydrogen) atoms. The Kier molecular flexibility index (Phi) is 5.07. The molecule has 0 aliphatic heterocycles. The molecule has 0 bridgehead atoms. The second-order valence-corrected chi connectivity index (χ2v) is 5.65. The van der Waals surface area contributed by atoms with Crippen LogP contribution in [-0.4, -0.2) is 27.7 Å². The van der Waals surface area contributed by atoms with Gasteiger partial charge in [0, 0.05) is 18.1 Å². The van der Waals surface area contributed by atoms with E-state index < -0.39 is 11.5 Å². The number of aromatic nitrogens is 2. The molecule has 0 spiro atoms. The van der Waals surface area contributed by atoms with Gasteiger partial charge in [0.25, 0.3) is 11.5 Å². The highest BCUT2D eigenvalue weighted by Crippen LogP contribution is 2.14. The van der Waals surface area contributed by atoms with E-state index in [2.05, 4.69) is 15.6 Å². The van der Waals surface area contributed by atoms with Crippen LogP contribution < -0.4 is 16.2 Å². The van der Waals surface area contributed by atoms with Gasteiger partial charge in [0.2, 0.25) is 5.91 Å². The van der Waals surface area contributed by atoms with Gasteiger partial charge in [0.1, 0.15) is 11.2 Å². The first-order chi connectivity index (χ1) is 12.6. The summed E-state index contributed by atoms with van der Waals surface area (Å²) in [6.07, 6.45) is 3.54. The fourth-order valence-corrected chi connectivity index (χ4v) is 2.58. The number of carbonyl (C=O) groups is 2. The van der Waals surface area contributed by atoms with E-state index in [1.54, 1.807) is 24.3 Å². The number of pyridine rings is 1. The van der Waals surface area contributed by atoms with Crippen molar-refractivity contribution < 1.29 is 9.59 Å². The molecular weight excluding hydrogens is 332 g/mol. The van der Waals surface area contributed by atoms with Gasteiger partial charge in [0.05, 0.1) is 6.54 Å². The lowest BCUT2D eigenvalue weighted by Crippen LogP contribution is -2.36. The zero-order valence-corrected chi connectivity index (χ0v) is 14.2. The Balaban J connectivity index is 1.68. The van der Waals surface area contributed by atoms with E-state index in [1.165, 1.54) is 16.8 Å². The van der Waals surface area contributed by atoms with Crippen LogP contribution in [0.25, 0.3) is 5.65 Å². The van der Waals surface area contributed by atoms with Gasteiger partial charge in [-0.1, -0.05) is 31.2 Å². The molecule has 0 aliphatic rings. The van der Waals surface area contributed by atoms with Crippen LogP contribution in [0.1, 0.15) is 22.8 Å². The molecule has 0 saturated carbocycles. The lowest BCUT2D eigenvalue weighted by Gasteiger charge is -2.10. The molecule has 0 saturated heterocycles. The predicted octanol–water partition coefficient (Wildman–Crippen LogP) is 1.63. The number of benzene rings is 1. The quantitative estimate of drug-likeness (QED) is 0.731. The van der Waals surface area contributed by atoms with Crippen molar-refractivity contribution in [3.05, 3.63) is 76.3 Å². The van der Waals surface area contributed by atoms with Crippen LogP contribution in [0.3, 0.4) is 0 Å². The maximum Gasteiger partial charge on any atom is 0.270 e. The molecule has 0 unspecified atom stereocenters. The van der Waals surface area contributed by atoms with Gasteiger partial charge in [-0.25, -0.2) is 4.98 Å². The van der Waals surface area contributed by atoms with Gasteiger partial charge in [-0.05, 0) is 30.2 Å². The molecule has 3 rings (SSSR count). The fraction of sp³-hybridized carbons (Fsp3) is 0.158. The Morgan fingerprint density at radius 2 is 1.88 bits per heavy atom. The van der Waals surface area contributed by atoms with E-state index >= 15 is 0 Å². The van der Waals surface area contributed by atoms with Crippen molar-refractivity contribution in [3.8, 4) is 0 Å². The monoisotopic (exact) mass is 350 g/mol. The molecule has 2 aromatic heterocycles. The Morgan fingerprint density at radius 3 is 2.69 bits per heavy atom. The smallest absolute Gasteiger partial charge is 0.270 e. The van der Waals surface area contributed by atoms with Crippen LogP contribution in [0, 0.1) is 0 Å². The van der Waals surface area contributed by atoms with Gasteiger partial charge < -0.3 is 10.6 Å². The van der Waals surface area contributed by atoms with Crippen LogP contribution in [-0.2, 0) is 11.2 Å². The van der Waals surface area contributed by atoms with Crippen molar-refractivity contribution in [3.63, 3.8) is 0 Å². The fourth-order valence-electron chi connectivity index (χ4n) is 2.58. The van der Waals surface area contributed by atoms with Crippen LogP contribution in [0.4, 0.5) is 5.69 Å². The molecule has 2 amide bonds. The van der Waals surface area contributed by atoms with E-state index in [0.717, 1.165) is 12.0 Å². The number of carbonyl (C=O) groups excluding carboxylic acids is 2. The van der Waals surface area contributed by atoms with E-state index in [1.807, 2.05) is 25.1 Å². The zero-order chi connectivity index (χ0) is 18.5. The number of hydrogen-bond acceptors (Lipinski definition) is 4. The van der Waals surface area contributed by atoms with Crippen LogP contribution in [0.2, 0.25) is 0 Å². The average Bonchev–Trinajstić information content (AvgIpc) is 2.67. The van der Waals surface area contributed by atoms with Gasteiger partial charge in [-0.2, -0.15) is 0 Å². The number of amides is 2. The maximum atomic E-state index is 12.4. The summed E-state index contributed by atoms with van der Waals surface area (Å²) < 4.78 is 1.28. The summed E-state index contributed by atoms with van der Waals surface area (Å²) in [6, 6.07) is 12.6. The first-order valence-electron chi connectivity index (χ1n) is 8.22. The molecule has 0 atom stereocenters. The molecule has 7 nitrogen and oxygen atoms in total. The summed E-state index contributed by atoms with van der Waals surface area (Å²) in [4.78, 5) is 40.8. The molecule has 2 heterocycles. The van der Waals surface area contributed by atoms with E-state index in [0.29, 0.717) is 11.3 Å². The van der Waals surface area contributed by atoms with E-state index in [4.69, 9.17) is 0 Å². The van der Waals surface area contributed by atoms with E-state index in [-0.39, 0.29) is 18.0 Å². The molecule has 132 valence electrons. The summed E-state index contributed by atoms with van der Waals surface area (Å²) in [6.45, 7) is 1.75. The number of anilines is 1. The number of fused-ring (bicyclic) bond motifs is 1. The second kappa shape index (κ2) is 7.60. The molecule has 7 heteroatoms. The highest BCUT2D eigenvalue weighted by molar-refractivity contribution is 5.99. The molecule has 0 fully saturated rings. The Labute approximate surface area is 149 Å². The molecule has 3 aromatic rings. The maximum absolute atomic E-state index is 12.4. The highest BCUT2D eigenvalue weighted by Gasteiger charge is 2.14. The third kappa shape index (κ3) is 3.61. The molecule has 0 radical (unpaired) electrons. The topological polar surface area (TPSA) is 92.6 Å². The van der Waals surface area contributed by atoms with Crippen LogP contribution in [0.15, 0.2) is 59.7 Å². The Morgan fingerprint density at radius 1 is 1.12 bits per heavy atom. The van der Waals surface area contributed by atoms with Gasteiger partial charge >= 0.3 is 0 Å². The molecule has 1 aromatic carbocycles. The van der Waals surface area contributed by atoms with Gasteiger partial charge in [0.15, 0.2) is 0 Å². The Hall–Kier alpha value is -3.48. The van der Waals surface area contributed by atoms with Crippen molar-refractivity contribution in [2.24, 2.45) is 0 Å². The number of rotatable bonds is 5. The first kappa shape index (κ1) is 17.3. The van der Waals surface area contributed by atoms with Crippen molar-refractivity contribution >= 4 is 23.1 Å². The number of nitrogens with one attached hydrogen (secondary N) is 2. The van der Waals surface area contributed by atoms with Gasteiger partial charge in [-0.15, -0.1) is 0 Å². The molecule has 2 N–H and O–H groups in total. The lowest BCUT2D eigenvalue weighted by atomic mass is 10.1. The SMILES string of the molecule is CCc1ccccc1NC(=O)CNC(=O)c1cnc2ccccn2c1=O. The van der Waals surface area contributed by atoms with E-state index in [9.17, 15) is 14.4 Å². The number of para-hydroxylation sites is 1. The van der Waals surface area contributed by atoms with Crippen LogP contribution >= 0.6 is 0 Å². The van der Waals surface area contributed by atoms with Crippen molar-refractivity contribution in [1.29, 1.82) is 0 Å². The second-order valence-electron chi connectivity index (χ2n) is 5.65. The average molecular weight is 350 g/mol. The van der Waals surface area contributed by atoms with Gasteiger partial charge in [-0.3, -0.25) is 18.8 Å². The summed E-state index contributed by atoms with van der Waals surface area (Å²) in [5, 5.41) is 5.22. The highest BCUT2D eigenvalue weighted by atomic mass is 16.2. The minimum atomic E-state index is -0.639. The number of hydrogen-bond donors (Lipinski definition) is 2. The van der Waals surface area contributed by atoms with Crippen molar-refractivity contribution in [2.75, 3.05) is 11.9 Å². The third-order valence-corrected chi connectivity index (χ3v) is 3.94. The minimum Gasteiger partial charge on any atom is -0.343 e. The molecule has 0 aliphatic carbocycles. The third-order valence-electron chi connectivity index (χ3n) is 3.94. The number of aryl methyl sites for hydroxylation is 1. The summed E-state index contributed by atoms with van der Waals surface area (Å²) >= 11 is 0. The largest absolute Gasteiger partial charge is 0.343 e. The van der Waals surface area contributed by atoms with Crippen molar-refractivity contribution in [2.45, 2.75) is 13.3 Å².